The molecular formula is C23H22N4O4. The number of hydrogen-bond donors (Lipinski definition) is 1. The first-order valence-corrected chi connectivity index (χ1v) is 9.89. The summed E-state index contributed by atoms with van der Waals surface area (Å²) in [7, 11) is 0. The van der Waals surface area contributed by atoms with Crippen molar-refractivity contribution in [3.8, 4) is 0 Å². The Morgan fingerprint density at radius 1 is 1.03 bits per heavy atom. The van der Waals surface area contributed by atoms with E-state index in [2.05, 4.69) is 15.5 Å². The summed E-state index contributed by atoms with van der Waals surface area (Å²) in [4.78, 5) is 43.5. The summed E-state index contributed by atoms with van der Waals surface area (Å²) in [5.41, 5.74) is 1.37. The van der Waals surface area contributed by atoms with Crippen LogP contribution in [0.25, 0.3) is 0 Å². The Morgan fingerprint density at radius 3 is 2.42 bits per heavy atom. The standard InChI is InChI=1S/C23H22N4O4/c1-23(2,3)22-25-18(26-31-22)12-24-19(28)15-9-10-16-17(11-15)21(30)27(20(16)29)13-14-7-5-4-6-8-14/h4-11H,12-13H2,1-3H3,(H,24,28). The molecule has 0 radical (unpaired) electrons. The summed E-state index contributed by atoms with van der Waals surface area (Å²) in [5, 5.41) is 6.59. The molecule has 2 heterocycles. The third-order valence-electron chi connectivity index (χ3n) is 4.93. The van der Waals surface area contributed by atoms with Crippen LogP contribution < -0.4 is 5.32 Å². The van der Waals surface area contributed by atoms with Gasteiger partial charge in [-0.25, -0.2) is 0 Å². The Kier molecular flexibility index (Phi) is 5.14. The van der Waals surface area contributed by atoms with E-state index < -0.39 is 11.8 Å². The second kappa shape index (κ2) is 7.79. The second-order valence-corrected chi connectivity index (χ2v) is 8.39. The van der Waals surface area contributed by atoms with Crippen molar-refractivity contribution in [1.82, 2.24) is 20.4 Å². The SMILES string of the molecule is CC(C)(C)c1nc(CNC(=O)c2ccc3c(c2)C(=O)N(Cc2ccccc2)C3=O)no1. The van der Waals surface area contributed by atoms with Gasteiger partial charge in [-0.2, -0.15) is 4.98 Å². The molecular weight excluding hydrogens is 396 g/mol. The Balaban J connectivity index is 1.46. The van der Waals surface area contributed by atoms with Crippen LogP contribution in [-0.4, -0.2) is 32.8 Å². The molecule has 158 valence electrons. The van der Waals surface area contributed by atoms with Crippen molar-refractivity contribution in [2.75, 3.05) is 0 Å². The van der Waals surface area contributed by atoms with Crippen LogP contribution in [0, 0.1) is 0 Å². The van der Waals surface area contributed by atoms with E-state index in [1.165, 1.54) is 23.1 Å². The molecule has 3 amide bonds. The molecule has 0 bridgehead atoms. The number of aromatic nitrogens is 2. The highest BCUT2D eigenvalue weighted by molar-refractivity contribution is 6.22. The maximum atomic E-state index is 12.8. The smallest absolute Gasteiger partial charge is 0.261 e. The molecule has 0 atom stereocenters. The van der Waals surface area contributed by atoms with Crippen LogP contribution in [0.15, 0.2) is 53.1 Å². The van der Waals surface area contributed by atoms with Crippen LogP contribution >= 0.6 is 0 Å². The summed E-state index contributed by atoms with van der Waals surface area (Å²) in [5.74, 6) is -0.327. The Labute approximate surface area is 179 Å². The molecule has 1 N–H and O–H groups in total. The van der Waals surface area contributed by atoms with E-state index in [1.807, 2.05) is 51.1 Å². The summed E-state index contributed by atoms with van der Waals surface area (Å²) in [6.07, 6.45) is 0. The summed E-state index contributed by atoms with van der Waals surface area (Å²) in [6.45, 7) is 6.12. The number of fused-ring (bicyclic) bond motifs is 1. The molecule has 1 aliphatic heterocycles. The maximum Gasteiger partial charge on any atom is 0.261 e. The molecule has 0 spiro atoms. The molecule has 0 saturated carbocycles. The zero-order chi connectivity index (χ0) is 22.2. The molecule has 0 aliphatic carbocycles. The third-order valence-corrected chi connectivity index (χ3v) is 4.93. The molecule has 0 saturated heterocycles. The number of imide groups is 1. The highest BCUT2D eigenvalue weighted by Crippen LogP contribution is 2.26. The van der Waals surface area contributed by atoms with Crippen molar-refractivity contribution in [3.63, 3.8) is 0 Å². The van der Waals surface area contributed by atoms with Gasteiger partial charge in [0.1, 0.15) is 0 Å². The fourth-order valence-corrected chi connectivity index (χ4v) is 3.23. The van der Waals surface area contributed by atoms with Gasteiger partial charge in [0.2, 0.25) is 5.89 Å². The van der Waals surface area contributed by atoms with Crippen molar-refractivity contribution in [1.29, 1.82) is 0 Å². The van der Waals surface area contributed by atoms with E-state index >= 15 is 0 Å². The minimum Gasteiger partial charge on any atom is -0.345 e. The third kappa shape index (κ3) is 4.09. The zero-order valence-corrected chi connectivity index (χ0v) is 17.5. The molecule has 8 heteroatoms. The lowest BCUT2D eigenvalue weighted by molar-refractivity contribution is 0.0642. The highest BCUT2D eigenvalue weighted by Gasteiger charge is 2.36. The monoisotopic (exact) mass is 418 g/mol. The molecule has 3 aromatic rings. The Morgan fingerprint density at radius 2 is 1.74 bits per heavy atom. The molecule has 8 nitrogen and oxygen atoms in total. The van der Waals surface area contributed by atoms with Gasteiger partial charge in [-0.1, -0.05) is 56.3 Å². The maximum absolute atomic E-state index is 12.8. The van der Waals surface area contributed by atoms with Gasteiger partial charge in [0.05, 0.1) is 24.2 Å². The Hall–Kier alpha value is -3.81. The van der Waals surface area contributed by atoms with Gasteiger partial charge >= 0.3 is 0 Å². The number of nitrogens with one attached hydrogen (secondary N) is 1. The van der Waals surface area contributed by atoms with Gasteiger partial charge in [0.25, 0.3) is 17.7 Å². The van der Waals surface area contributed by atoms with E-state index in [-0.39, 0.29) is 35.5 Å². The largest absolute Gasteiger partial charge is 0.345 e. The van der Waals surface area contributed by atoms with E-state index in [0.29, 0.717) is 17.3 Å². The molecule has 0 fully saturated rings. The minimum atomic E-state index is -0.411. The second-order valence-electron chi connectivity index (χ2n) is 8.39. The van der Waals surface area contributed by atoms with Gasteiger partial charge in [-0.15, -0.1) is 0 Å². The lowest BCUT2D eigenvalue weighted by atomic mass is 9.97. The predicted molar refractivity (Wildman–Crippen MR) is 111 cm³/mol. The number of benzene rings is 2. The van der Waals surface area contributed by atoms with Gasteiger partial charge < -0.3 is 9.84 Å². The normalized spacial score (nSPS) is 13.5. The number of hydrogen-bond acceptors (Lipinski definition) is 6. The number of amides is 3. The fraction of sp³-hybridized carbons (Fsp3) is 0.261. The van der Waals surface area contributed by atoms with Crippen LogP contribution in [-0.2, 0) is 18.5 Å². The average molecular weight is 418 g/mol. The van der Waals surface area contributed by atoms with Gasteiger partial charge in [0.15, 0.2) is 5.82 Å². The lowest BCUT2D eigenvalue weighted by Gasteiger charge is -2.13. The number of carbonyl (C=O) groups excluding carboxylic acids is 3. The predicted octanol–water partition coefficient (Wildman–Crippen LogP) is 3.09. The molecule has 0 unspecified atom stereocenters. The zero-order valence-electron chi connectivity index (χ0n) is 17.5. The van der Waals surface area contributed by atoms with Crippen LogP contribution in [0.5, 0.6) is 0 Å². The van der Waals surface area contributed by atoms with Crippen LogP contribution in [0.1, 0.15) is 69.1 Å². The van der Waals surface area contributed by atoms with Gasteiger partial charge in [0, 0.05) is 11.0 Å². The Bertz CT molecular complexity index is 1160. The number of nitrogens with zero attached hydrogens (tertiary/aromatic N) is 3. The summed E-state index contributed by atoms with van der Waals surface area (Å²) < 4.78 is 5.21. The van der Waals surface area contributed by atoms with E-state index in [9.17, 15) is 14.4 Å². The van der Waals surface area contributed by atoms with Gasteiger partial charge in [-0.05, 0) is 23.8 Å². The molecule has 1 aliphatic rings. The van der Waals surface area contributed by atoms with E-state index in [0.717, 1.165) is 5.56 Å². The van der Waals surface area contributed by atoms with E-state index in [1.54, 1.807) is 0 Å². The number of carbonyl (C=O) groups is 3. The molecule has 4 rings (SSSR count). The topological polar surface area (TPSA) is 105 Å². The first-order chi connectivity index (χ1) is 14.7. The van der Waals surface area contributed by atoms with Crippen molar-refractivity contribution in [2.45, 2.75) is 39.3 Å². The van der Waals surface area contributed by atoms with Crippen LogP contribution in [0.3, 0.4) is 0 Å². The molecule has 31 heavy (non-hydrogen) atoms. The van der Waals surface area contributed by atoms with Crippen LogP contribution in [0.4, 0.5) is 0 Å². The lowest BCUT2D eigenvalue weighted by Crippen LogP contribution is -2.29. The van der Waals surface area contributed by atoms with Crippen molar-refractivity contribution in [2.24, 2.45) is 0 Å². The summed E-state index contributed by atoms with van der Waals surface area (Å²) >= 11 is 0. The van der Waals surface area contributed by atoms with Crippen molar-refractivity contribution < 1.29 is 18.9 Å². The first-order valence-electron chi connectivity index (χ1n) is 9.89. The van der Waals surface area contributed by atoms with Crippen molar-refractivity contribution in [3.05, 3.63) is 82.5 Å². The first kappa shape index (κ1) is 20.5. The average Bonchev–Trinajstić information content (AvgIpc) is 3.32. The molecule has 1 aromatic heterocycles. The van der Waals surface area contributed by atoms with Crippen molar-refractivity contribution >= 4 is 17.7 Å². The highest BCUT2D eigenvalue weighted by atomic mass is 16.5. The summed E-state index contributed by atoms with van der Waals surface area (Å²) in [6, 6.07) is 13.8. The fourth-order valence-electron chi connectivity index (χ4n) is 3.23. The minimum absolute atomic E-state index is 0.0858. The van der Waals surface area contributed by atoms with Crippen LogP contribution in [0.2, 0.25) is 0 Å². The van der Waals surface area contributed by atoms with Gasteiger partial charge in [-0.3, -0.25) is 19.3 Å². The molecule has 2 aromatic carbocycles. The quantitative estimate of drug-likeness (QED) is 0.639. The number of rotatable bonds is 5. The van der Waals surface area contributed by atoms with E-state index in [4.69, 9.17) is 4.52 Å².